The summed E-state index contributed by atoms with van der Waals surface area (Å²) in [5, 5.41) is 3.36. The van der Waals surface area contributed by atoms with Crippen molar-refractivity contribution < 1.29 is 4.74 Å². The number of ether oxygens (including phenoxy) is 1. The van der Waals surface area contributed by atoms with E-state index in [1.54, 1.807) is 7.11 Å². The van der Waals surface area contributed by atoms with Crippen molar-refractivity contribution in [1.29, 1.82) is 0 Å². The third kappa shape index (κ3) is 6.71. The van der Waals surface area contributed by atoms with Crippen molar-refractivity contribution >= 4 is 11.8 Å². The van der Waals surface area contributed by atoms with Crippen LogP contribution in [-0.4, -0.2) is 26.0 Å². The van der Waals surface area contributed by atoms with Gasteiger partial charge in [-0.25, -0.2) is 0 Å². The van der Waals surface area contributed by atoms with Crippen LogP contribution in [0.4, 0.5) is 0 Å². The number of nitrogens with one attached hydrogen (secondary N) is 1. The van der Waals surface area contributed by atoms with Gasteiger partial charge in [0.05, 0.1) is 6.61 Å². The minimum Gasteiger partial charge on any atom is -0.383 e. The first-order chi connectivity index (χ1) is 8.22. The molecule has 0 unspecified atom stereocenters. The SMILES string of the molecule is COCCNCc1cccc(SCC(C)C)c1. The second-order valence-electron chi connectivity index (χ2n) is 4.52. The van der Waals surface area contributed by atoms with E-state index in [0.717, 1.165) is 25.6 Å². The van der Waals surface area contributed by atoms with Crippen LogP contribution in [0.1, 0.15) is 19.4 Å². The fourth-order valence-electron chi connectivity index (χ4n) is 1.42. The van der Waals surface area contributed by atoms with Gasteiger partial charge >= 0.3 is 0 Å². The Kier molecular flexibility index (Phi) is 7.33. The standard InChI is InChI=1S/C14H23NOS/c1-12(2)11-17-14-6-4-5-13(9-14)10-15-7-8-16-3/h4-6,9,12,15H,7-8,10-11H2,1-3H3. The monoisotopic (exact) mass is 253 g/mol. The highest BCUT2D eigenvalue weighted by atomic mass is 32.2. The molecule has 0 atom stereocenters. The molecule has 3 heteroatoms. The zero-order valence-corrected chi connectivity index (χ0v) is 11.8. The minimum absolute atomic E-state index is 0.739. The van der Waals surface area contributed by atoms with Crippen molar-refractivity contribution in [2.75, 3.05) is 26.0 Å². The van der Waals surface area contributed by atoms with Crippen molar-refractivity contribution in [3.63, 3.8) is 0 Å². The molecule has 0 spiro atoms. The fraction of sp³-hybridized carbons (Fsp3) is 0.571. The summed E-state index contributed by atoms with van der Waals surface area (Å²) < 4.78 is 5.00. The average molecular weight is 253 g/mol. The lowest BCUT2D eigenvalue weighted by Gasteiger charge is -2.08. The zero-order chi connectivity index (χ0) is 12.5. The maximum Gasteiger partial charge on any atom is 0.0587 e. The molecule has 1 aromatic rings. The van der Waals surface area contributed by atoms with E-state index in [1.807, 2.05) is 11.8 Å². The van der Waals surface area contributed by atoms with Gasteiger partial charge in [0.2, 0.25) is 0 Å². The molecule has 0 radical (unpaired) electrons. The molecule has 1 N–H and O–H groups in total. The Balaban J connectivity index is 2.37. The Morgan fingerprint density at radius 3 is 2.88 bits per heavy atom. The summed E-state index contributed by atoms with van der Waals surface area (Å²) in [5.74, 6) is 1.92. The van der Waals surface area contributed by atoms with E-state index in [-0.39, 0.29) is 0 Å². The van der Waals surface area contributed by atoms with Gasteiger partial charge in [-0.3, -0.25) is 0 Å². The van der Waals surface area contributed by atoms with Crippen LogP contribution in [0.5, 0.6) is 0 Å². The van der Waals surface area contributed by atoms with Gasteiger partial charge < -0.3 is 10.1 Å². The summed E-state index contributed by atoms with van der Waals surface area (Å²) in [6, 6.07) is 8.76. The van der Waals surface area contributed by atoms with E-state index >= 15 is 0 Å². The highest BCUT2D eigenvalue weighted by Gasteiger charge is 1.99. The van der Waals surface area contributed by atoms with Gasteiger partial charge in [-0.1, -0.05) is 26.0 Å². The molecular weight excluding hydrogens is 230 g/mol. The van der Waals surface area contributed by atoms with E-state index in [2.05, 4.69) is 43.4 Å². The summed E-state index contributed by atoms with van der Waals surface area (Å²) in [6.45, 7) is 7.09. The van der Waals surface area contributed by atoms with E-state index in [9.17, 15) is 0 Å². The van der Waals surface area contributed by atoms with Crippen molar-refractivity contribution in [3.8, 4) is 0 Å². The van der Waals surface area contributed by atoms with Crippen molar-refractivity contribution in [2.24, 2.45) is 5.92 Å². The highest BCUT2D eigenvalue weighted by molar-refractivity contribution is 7.99. The first kappa shape index (κ1) is 14.6. The molecule has 0 aliphatic rings. The molecule has 17 heavy (non-hydrogen) atoms. The predicted octanol–water partition coefficient (Wildman–Crippen LogP) is 3.17. The van der Waals surface area contributed by atoms with Crippen molar-refractivity contribution in [1.82, 2.24) is 5.32 Å². The normalized spacial score (nSPS) is 11.1. The molecule has 0 aliphatic carbocycles. The number of hydrogen-bond acceptors (Lipinski definition) is 3. The van der Waals surface area contributed by atoms with Crippen molar-refractivity contribution in [3.05, 3.63) is 29.8 Å². The van der Waals surface area contributed by atoms with Gasteiger partial charge in [0.15, 0.2) is 0 Å². The smallest absolute Gasteiger partial charge is 0.0587 e. The fourth-order valence-corrected chi connectivity index (χ4v) is 2.35. The second kappa shape index (κ2) is 8.56. The largest absolute Gasteiger partial charge is 0.383 e. The molecule has 0 heterocycles. The van der Waals surface area contributed by atoms with Gasteiger partial charge in [0.1, 0.15) is 0 Å². The third-order valence-corrected chi connectivity index (χ3v) is 3.71. The average Bonchev–Trinajstić information content (AvgIpc) is 2.33. The van der Waals surface area contributed by atoms with E-state index in [0.29, 0.717) is 0 Å². The first-order valence-corrected chi connectivity index (χ1v) is 7.12. The molecule has 0 saturated carbocycles. The molecule has 96 valence electrons. The summed E-state index contributed by atoms with van der Waals surface area (Å²) in [4.78, 5) is 1.37. The Labute approximate surface area is 109 Å². The minimum atomic E-state index is 0.739. The third-order valence-electron chi connectivity index (χ3n) is 2.29. The molecule has 0 aliphatic heterocycles. The van der Waals surface area contributed by atoms with Crippen LogP contribution in [0.25, 0.3) is 0 Å². The van der Waals surface area contributed by atoms with Crippen LogP contribution in [0.3, 0.4) is 0 Å². The first-order valence-electron chi connectivity index (χ1n) is 6.13. The van der Waals surface area contributed by atoms with Crippen LogP contribution in [0, 0.1) is 5.92 Å². The Hall–Kier alpha value is -0.510. The molecule has 0 saturated heterocycles. The lowest BCUT2D eigenvalue weighted by Crippen LogP contribution is -2.18. The van der Waals surface area contributed by atoms with Gasteiger partial charge in [-0.05, 0) is 23.6 Å². The lowest BCUT2D eigenvalue weighted by molar-refractivity contribution is 0.199. The van der Waals surface area contributed by atoms with Gasteiger partial charge in [-0.15, -0.1) is 11.8 Å². The summed E-state index contributed by atoms with van der Waals surface area (Å²) >= 11 is 1.93. The number of benzene rings is 1. The van der Waals surface area contributed by atoms with E-state index < -0.39 is 0 Å². The highest BCUT2D eigenvalue weighted by Crippen LogP contribution is 2.21. The maximum absolute atomic E-state index is 5.00. The molecule has 0 bridgehead atoms. The number of rotatable bonds is 8. The van der Waals surface area contributed by atoms with E-state index in [1.165, 1.54) is 16.2 Å². The van der Waals surface area contributed by atoms with Crippen LogP contribution >= 0.6 is 11.8 Å². The Bertz CT molecular complexity index is 315. The molecule has 1 aromatic carbocycles. The molecular formula is C14H23NOS. The number of hydrogen-bond donors (Lipinski definition) is 1. The predicted molar refractivity (Wildman–Crippen MR) is 75.6 cm³/mol. The zero-order valence-electron chi connectivity index (χ0n) is 11.0. The summed E-state index contributed by atoms with van der Waals surface area (Å²) in [6.07, 6.45) is 0. The van der Waals surface area contributed by atoms with Gasteiger partial charge in [0.25, 0.3) is 0 Å². The number of methoxy groups -OCH3 is 1. The van der Waals surface area contributed by atoms with Crippen LogP contribution in [0.2, 0.25) is 0 Å². The molecule has 0 amide bonds. The van der Waals surface area contributed by atoms with Crippen LogP contribution in [0.15, 0.2) is 29.2 Å². The quantitative estimate of drug-likeness (QED) is 0.568. The molecule has 0 fully saturated rings. The summed E-state index contributed by atoms with van der Waals surface area (Å²) in [5.41, 5.74) is 1.34. The van der Waals surface area contributed by atoms with E-state index in [4.69, 9.17) is 4.74 Å². The van der Waals surface area contributed by atoms with Crippen LogP contribution in [-0.2, 0) is 11.3 Å². The maximum atomic E-state index is 5.00. The van der Waals surface area contributed by atoms with Gasteiger partial charge in [-0.2, -0.15) is 0 Å². The number of thioether (sulfide) groups is 1. The van der Waals surface area contributed by atoms with Crippen molar-refractivity contribution in [2.45, 2.75) is 25.3 Å². The second-order valence-corrected chi connectivity index (χ2v) is 5.62. The topological polar surface area (TPSA) is 21.3 Å². The lowest BCUT2D eigenvalue weighted by atomic mass is 10.2. The molecule has 2 nitrogen and oxygen atoms in total. The Morgan fingerprint density at radius 1 is 1.35 bits per heavy atom. The summed E-state index contributed by atoms with van der Waals surface area (Å²) in [7, 11) is 1.73. The van der Waals surface area contributed by atoms with Crippen LogP contribution < -0.4 is 5.32 Å². The molecule has 1 rings (SSSR count). The molecule has 0 aromatic heterocycles. The van der Waals surface area contributed by atoms with Gasteiger partial charge in [0, 0.05) is 30.8 Å². The Morgan fingerprint density at radius 2 is 2.18 bits per heavy atom.